The third-order valence-corrected chi connectivity index (χ3v) is 5.18. The van der Waals surface area contributed by atoms with E-state index in [0.717, 1.165) is 21.4 Å². The van der Waals surface area contributed by atoms with E-state index in [1.165, 1.54) is 22.7 Å². The zero-order valence-electron chi connectivity index (χ0n) is 12.6. The third-order valence-electron chi connectivity index (χ3n) is 3.14. The zero-order valence-corrected chi connectivity index (χ0v) is 14.2. The Kier molecular flexibility index (Phi) is 4.63. The first-order valence-corrected chi connectivity index (χ1v) is 8.67. The number of carbonyl (C=O) groups excluding carboxylic acids is 1. The second-order valence-corrected chi connectivity index (χ2v) is 6.71. The van der Waals surface area contributed by atoms with Crippen molar-refractivity contribution in [3.8, 4) is 11.3 Å². The van der Waals surface area contributed by atoms with Crippen molar-refractivity contribution >= 4 is 33.7 Å². The summed E-state index contributed by atoms with van der Waals surface area (Å²) in [5.41, 5.74) is 1.84. The van der Waals surface area contributed by atoms with Gasteiger partial charge in [0.25, 0.3) is 5.91 Å². The van der Waals surface area contributed by atoms with Crippen molar-refractivity contribution in [2.45, 2.75) is 13.0 Å². The highest BCUT2D eigenvalue weighted by molar-refractivity contribution is 7.17. The van der Waals surface area contributed by atoms with Crippen molar-refractivity contribution in [3.63, 3.8) is 0 Å². The van der Waals surface area contributed by atoms with Crippen LogP contribution in [0.4, 0.5) is 5.13 Å². The molecule has 0 aromatic carbocycles. The van der Waals surface area contributed by atoms with E-state index in [2.05, 4.69) is 25.6 Å². The first-order valence-electron chi connectivity index (χ1n) is 6.97. The van der Waals surface area contributed by atoms with Crippen LogP contribution in [0.2, 0.25) is 0 Å². The molecule has 0 saturated heterocycles. The lowest BCUT2D eigenvalue weighted by molar-refractivity contribution is 0.0943. The molecule has 8 heteroatoms. The Hall–Kier alpha value is -2.32. The minimum atomic E-state index is -0.168. The molecule has 0 aliphatic heterocycles. The van der Waals surface area contributed by atoms with Crippen molar-refractivity contribution in [1.29, 1.82) is 0 Å². The van der Waals surface area contributed by atoms with E-state index in [-0.39, 0.29) is 11.9 Å². The number of pyridine rings is 1. The zero-order chi connectivity index (χ0) is 16.2. The van der Waals surface area contributed by atoms with E-state index in [9.17, 15) is 4.79 Å². The number of aromatic nitrogens is 3. The Morgan fingerprint density at radius 3 is 2.91 bits per heavy atom. The first kappa shape index (κ1) is 15.6. The van der Waals surface area contributed by atoms with Crippen LogP contribution in [0.25, 0.3) is 11.3 Å². The Labute approximate surface area is 141 Å². The lowest BCUT2D eigenvalue weighted by Crippen LogP contribution is -2.25. The van der Waals surface area contributed by atoms with Gasteiger partial charge in [-0.05, 0) is 19.1 Å². The van der Waals surface area contributed by atoms with E-state index >= 15 is 0 Å². The predicted octanol–water partition coefficient (Wildman–Crippen LogP) is 3.19. The number of anilines is 1. The lowest BCUT2D eigenvalue weighted by atomic mass is 10.2. The quantitative estimate of drug-likeness (QED) is 0.742. The average Bonchev–Trinajstić information content (AvgIpc) is 3.25. The SMILES string of the molecule is CNc1ncc(C(=O)N[C@@H](C)c2nc(-c3cccnc3)cs2)s1. The molecule has 0 aliphatic rings. The van der Waals surface area contributed by atoms with Gasteiger partial charge in [-0.3, -0.25) is 9.78 Å². The maximum atomic E-state index is 12.2. The minimum absolute atomic E-state index is 0.144. The predicted molar refractivity (Wildman–Crippen MR) is 92.9 cm³/mol. The van der Waals surface area contributed by atoms with E-state index in [1.54, 1.807) is 25.6 Å². The second kappa shape index (κ2) is 6.84. The lowest BCUT2D eigenvalue weighted by Gasteiger charge is -2.09. The maximum absolute atomic E-state index is 12.2. The normalized spacial score (nSPS) is 11.9. The Morgan fingerprint density at radius 1 is 1.35 bits per heavy atom. The Bertz CT molecular complexity index is 799. The largest absolute Gasteiger partial charge is 0.365 e. The first-order chi connectivity index (χ1) is 11.2. The van der Waals surface area contributed by atoms with Crippen LogP contribution in [0.3, 0.4) is 0 Å². The Balaban J connectivity index is 1.70. The molecule has 118 valence electrons. The number of amides is 1. The molecule has 2 N–H and O–H groups in total. The van der Waals surface area contributed by atoms with Gasteiger partial charge in [0.1, 0.15) is 9.88 Å². The van der Waals surface area contributed by atoms with E-state index < -0.39 is 0 Å². The summed E-state index contributed by atoms with van der Waals surface area (Å²) in [4.78, 5) is 25.6. The van der Waals surface area contributed by atoms with Crippen LogP contribution in [0.15, 0.2) is 36.1 Å². The standard InChI is InChI=1S/C15H15N5OS2/c1-9(19-13(21)12-7-18-15(16-2)23-12)14-20-11(8-22-14)10-4-3-5-17-6-10/h3-9H,1-2H3,(H,16,18)(H,19,21)/t9-/m0/s1. The van der Waals surface area contributed by atoms with Crippen LogP contribution in [0.5, 0.6) is 0 Å². The molecule has 0 aliphatic carbocycles. The highest BCUT2D eigenvalue weighted by Gasteiger charge is 2.17. The fourth-order valence-corrected chi connectivity index (χ4v) is 3.47. The molecule has 3 rings (SSSR count). The molecule has 1 amide bonds. The minimum Gasteiger partial charge on any atom is -0.365 e. The summed E-state index contributed by atoms with van der Waals surface area (Å²) in [6, 6.07) is 3.67. The van der Waals surface area contributed by atoms with Crippen LogP contribution < -0.4 is 10.6 Å². The topological polar surface area (TPSA) is 79.8 Å². The maximum Gasteiger partial charge on any atom is 0.263 e. The van der Waals surface area contributed by atoms with Crippen LogP contribution in [0.1, 0.15) is 27.6 Å². The number of hydrogen-bond acceptors (Lipinski definition) is 7. The number of nitrogens with one attached hydrogen (secondary N) is 2. The van der Waals surface area contributed by atoms with Crippen molar-refractivity contribution in [3.05, 3.63) is 46.0 Å². The smallest absolute Gasteiger partial charge is 0.263 e. The fraction of sp³-hybridized carbons (Fsp3) is 0.200. The molecule has 6 nitrogen and oxygen atoms in total. The number of nitrogens with zero attached hydrogens (tertiary/aromatic N) is 3. The van der Waals surface area contributed by atoms with Gasteiger partial charge in [-0.2, -0.15) is 0 Å². The highest BCUT2D eigenvalue weighted by Crippen LogP contribution is 2.25. The molecule has 0 saturated carbocycles. The number of carbonyl (C=O) groups is 1. The van der Waals surface area contributed by atoms with Gasteiger partial charge in [0.05, 0.1) is 17.9 Å². The summed E-state index contributed by atoms with van der Waals surface area (Å²) in [6.45, 7) is 1.92. The van der Waals surface area contributed by atoms with Crippen molar-refractivity contribution in [1.82, 2.24) is 20.3 Å². The molecule has 0 fully saturated rings. The molecular formula is C15H15N5OS2. The van der Waals surface area contributed by atoms with Gasteiger partial charge in [-0.25, -0.2) is 9.97 Å². The average molecular weight is 345 g/mol. The van der Waals surface area contributed by atoms with Gasteiger partial charge < -0.3 is 10.6 Å². The van der Waals surface area contributed by atoms with Gasteiger partial charge in [0, 0.05) is 30.4 Å². The molecular weight excluding hydrogens is 330 g/mol. The van der Waals surface area contributed by atoms with E-state index in [1.807, 2.05) is 24.4 Å². The van der Waals surface area contributed by atoms with Gasteiger partial charge >= 0.3 is 0 Å². The van der Waals surface area contributed by atoms with E-state index in [4.69, 9.17) is 0 Å². The van der Waals surface area contributed by atoms with Gasteiger partial charge in [-0.1, -0.05) is 11.3 Å². The third kappa shape index (κ3) is 3.54. The summed E-state index contributed by atoms with van der Waals surface area (Å²) in [5.74, 6) is -0.144. The van der Waals surface area contributed by atoms with Crippen molar-refractivity contribution in [2.75, 3.05) is 12.4 Å². The van der Waals surface area contributed by atoms with Crippen LogP contribution in [-0.4, -0.2) is 27.9 Å². The highest BCUT2D eigenvalue weighted by atomic mass is 32.1. The monoisotopic (exact) mass is 345 g/mol. The van der Waals surface area contributed by atoms with Gasteiger partial charge in [0.2, 0.25) is 0 Å². The van der Waals surface area contributed by atoms with Crippen LogP contribution in [0, 0.1) is 0 Å². The fourth-order valence-electron chi connectivity index (χ4n) is 1.96. The molecule has 1 atom stereocenters. The van der Waals surface area contributed by atoms with Crippen LogP contribution in [-0.2, 0) is 0 Å². The summed E-state index contributed by atoms with van der Waals surface area (Å²) >= 11 is 2.84. The number of rotatable bonds is 5. The van der Waals surface area contributed by atoms with Gasteiger partial charge in [-0.15, -0.1) is 11.3 Å². The van der Waals surface area contributed by atoms with Crippen molar-refractivity contribution < 1.29 is 4.79 Å². The molecule has 0 radical (unpaired) electrons. The number of thiazole rings is 2. The van der Waals surface area contributed by atoms with Gasteiger partial charge in [0.15, 0.2) is 5.13 Å². The summed E-state index contributed by atoms with van der Waals surface area (Å²) in [6.07, 6.45) is 5.08. The molecule has 3 heterocycles. The number of hydrogen-bond donors (Lipinski definition) is 2. The molecule has 3 aromatic heterocycles. The summed E-state index contributed by atoms with van der Waals surface area (Å²) in [5, 5.41) is 9.42. The van der Waals surface area contributed by atoms with Crippen molar-refractivity contribution in [2.24, 2.45) is 0 Å². The van der Waals surface area contributed by atoms with E-state index in [0.29, 0.717) is 4.88 Å². The summed E-state index contributed by atoms with van der Waals surface area (Å²) in [7, 11) is 1.78. The molecule has 23 heavy (non-hydrogen) atoms. The van der Waals surface area contributed by atoms with Crippen LogP contribution >= 0.6 is 22.7 Å². The molecule has 3 aromatic rings. The molecule has 0 unspecified atom stereocenters. The second-order valence-electron chi connectivity index (χ2n) is 4.79. The Morgan fingerprint density at radius 2 is 2.22 bits per heavy atom. The molecule has 0 bridgehead atoms. The summed E-state index contributed by atoms with van der Waals surface area (Å²) < 4.78 is 0. The molecule has 0 spiro atoms.